The molecular formula is C23H23N5O3. The number of benzene rings is 2. The lowest BCUT2D eigenvalue weighted by Gasteiger charge is -2.33. The first-order valence-electron chi connectivity index (χ1n) is 10.5. The molecule has 31 heavy (non-hydrogen) atoms. The van der Waals surface area contributed by atoms with Gasteiger partial charge in [0.15, 0.2) is 0 Å². The van der Waals surface area contributed by atoms with Gasteiger partial charge in [-0.05, 0) is 30.2 Å². The molecule has 3 heterocycles. The Morgan fingerprint density at radius 1 is 1.19 bits per heavy atom. The first-order valence-corrected chi connectivity index (χ1v) is 10.5. The molecular weight excluding hydrogens is 394 g/mol. The van der Waals surface area contributed by atoms with Gasteiger partial charge in [-0.3, -0.25) is 14.0 Å². The fourth-order valence-corrected chi connectivity index (χ4v) is 4.13. The smallest absolute Gasteiger partial charge is 0.294 e. The van der Waals surface area contributed by atoms with E-state index in [1.807, 2.05) is 36.4 Å². The molecule has 8 heteroatoms. The molecule has 1 unspecified atom stereocenters. The zero-order valence-electron chi connectivity index (χ0n) is 17.2. The number of aryl methyl sites for hydroxylation is 1. The third kappa shape index (κ3) is 3.48. The molecule has 1 N–H and O–H groups in total. The number of nitrogens with zero attached hydrogens (tertiary/aromatic N) is 4. The second kappa shape index (κ2) is 7.96. The minimum Gasteiger partial charge on any atom is -0.370 e. The summed E-state index contributed by atoms with van der Waals surface area (Å²) >= 11 is 0. The van der Waals surface area contributed by atoms with Crippen LogP contribution in [0, 0.1) is 0 Å². The fourth-order valence-electron chi connectivity index (χ4n) is 4.13. The normalized spacial score (nSPS) is 16.8. The van der Waals surface area contributed by atoms with Crippen molar-refractivity contribution >= 4 is 22.6 Å². The Balaban J connectivity index is 1.48. The molecule has 2 aromatic heterocycles. The number of fused-ring (bicyclic) bond motifs is 3. The van der Waals surface area contributed by atoms with Crippen LogP contribution in [0.3, 0.4) is 0 Å². The predicted octanol–water partition coefficient (Wildman–Crippen LogP) is 2.74. The first kappa shape index (κ1) is 19.4. The van der Waals surface area contributed by atoms with Crippen LogP contribution < -0.4 is 5.56 Å². The van der Waals surface area contributed by atoms with Gasteiger partial charge in [0.25, 0.3) is 11.5 Å². The fraction of sp³-hybridized carbons (Fsp3) is 0.304. The number of nitrogens with one attached hydrogen (secondary N) is 1. The molecule has 1 aliphatic heterocycles. The quantitative estimate of drug-likeness (QED) is 0.551. The Morgan fingerprint density at radius 3 is 2.84 bits per heavy atom. The molecule has 0 saturated carbocycles. The van der Waals surface area contributed by atoms with E-state index in [0.29, 0.717) is 30.8 Å². The number of aromatic amines is 1. The number of carbonyl (C=O) groups is 1. The Hall–Kier alpha value is -3.52. The van der Waals surface area contributed by atoms with E-state index in [4.69, 9.17) is 4.74 Å². The molecule has 2 aromatic carbocycles. The van der Waals surface area contributed by atoms with Crippen molar-refractivity contribution in [3.05, 3.63) is 75.8 Å². The van der Waals surface area contributed by atoms with E-state index in [0.717, 1.165) is 29.7 Å². The molecule has 1 atom stereocenters. The van der Waals surface area contributed by atoms with Crippen LogP contribution in [0.25, 0.3) is 16.7 Å². The number of rotatable bonds is 4. The first-order chi connectivity index (χ1) is 15.2. The second-order valence-corrected chi connectivity index (χ2v) is 7.73. The average molecular weight is 417 g/mol. The Kier molecular flexibility index (Phi) is 4.99. The predicted molar refractivity (Wildman–Crippen MR) is 116 cm³/mol. The van der Waals surface area contributed by atoms with Crippen molar-refractivity contribution in [3.8, 4) is 0 Å². The van der Waals surface area contributed by atoms with Crippen LogP contribution in [0.2, 0.25) is 0 Å². The molecule has 1 saturated heterocycles. The van der Waals surface area contributed by atoms with Crippen molar-refractivity contribution in [1.29, 1.82) is 0 Å². The van der Waals surface area contributed by atoms with Gasteiger partial charge in [-0.1, -0.05) is 37.3 Å². The Morgan fingerprint density at radius 2 is 2.03 bits per heavy atom. The maximum Gasteiger partial charge on any atom is 0.294 e. The van der Waals surface area contributed by atoms with E-state index >= 15 is 0 Å². The molecule has 0 bridgehead atoms. The number of morpholine rings is 1. The van der Waals surface area contributed by atoms with Crippen molar-refractivity contribution < 1.29 is 9.53 Å². The van der Waals surface area contributed by atoms with Gasteiger partial charge in [-0.2, -0.15) is 0 Å². The van der Waals surface area contributed by atoms with E-state index < -0.39 is 0 Å². The lowest BCUT2D eigenvalue weighted by Crippen LogP contribution is -2.42. The molecule has 1 aliphatic rings. The number of ether oxygens (including phenoxy) is 1. The van der Waals surface area contributed by atoms with Crippen LogP contribution in [0.15, 0.2) is 53.3 Å². The van der Waals surface area contributed by atoms with Crippen LogP contribution in [0.5, 0.6) is 0 Å². The maximum absolute atomic E-state index is 13.2. The lowest BCUT2D eigenvalue weighted by atomic mass is 10.1. The molecule has 1 amide bonds. The summed E-state index contributed by atoms with van der Waals surface area (Å²) in [5, 5.41) is 8.20. The number of hydrogen-bond acceptors (Lipinski definition) is 5. The summed E-state index contributed by atoms with van der Waals surface area (Å²) in [6.45, 7) is 3.56. The number of carbonyl (C=O) groups excluding carboxylic acids is 1. The topological polar surface area (TPSA) is 92.6 Å². The monoisotopic (exact) mass is 417 g/mol. The summed E-state index contributed by atoms with van der Waals surface area (Å²) in [4.78, 5) is 30.4. The minimum absolute atomic E-state index is 0.0791. The zero-order valence-corrected chi connectivity index (χ0v) is 17.2. The van der Waals surface area contributed by atoms with Gasteiger partial charge in [-0.15, -0.1) is 10.2 Å². The van der Waals surface area contributed by atoms with Gasteiger partial charge in [0, 0.05) is 18.5 Å². The number of H-pyrrole nitrogens is 1. The van der Waals surface area contributed by atoms with Gasteiger partial charge in [0.1, 0.15) is 11.9 Å². The van der Waals surface area contributed by atoms with E-state index in [1.165, 1.54) is 0 Å². The summed E-state index contributed by atoms with van der Waals surface area (Å²) in [5.74, 6) is 0.663. The average Bonchev–Trinajstić information content (AvgIpc) is 3.24. The van der Waals surface area contributed by atoms with Crippen LogP contribution in [0.4, 0.5) is 0 Å². The molecule has 0 aliphatic carbocycles. The van der Waals surface area contributed by atoms with E-state index in [-0.39, 0.29) is 23.2 Å². The third-order valence-electron chi connectivity index (χ3n) is 5.66. The molecule has 0 radical (unpaired) electrons. The van der Waals surface area contributed by atoms with E-state index in [1.54, 1.807) is 21.4 Å². The van der Waals surface area contributed by atoms with E-state index in [9.17, 15) is 9.59 Å². The number of amides is 1. The van der Waals surface area contributed by atoms with Gasteiger partial charge in [0.05, 0.1) is 24.2 Å². The second-order valence-electron chi connectivity index (χ2n) is 7.73. The highest BCUT2D eigenvalue weighted by atomic mass is 16.5. The van der Waals surface area contributed by atoms with Crippen LogP contribution >= 0.6 is 0 Å². The summed E-state index contributed by atoms with van der Waals surface area (Å²) in [5.41, 5.74) is 2.91. The third-order valence-corrected chi connectivity index (χ3v) is 5.66. The summed E-state index contributed by atoms with van der Waals surface area (Å²) < 4.78 is 7.67. The van der Waals surface area contributed by atoms with Crippen molar-refractivity contribution in [3.63, 3.8) is 0 Å². The SMILES string of the molecule is CCCc1nnc2c(=O)[nH]c3cc(C(=O)N4CCOC(c5ccccc5)C4)ccc3n12. The van der Waals surface area contributed by atoms with Gasteiger partial charge >= 0.3 is 0 Å². The largest absolute Gasteiger partial charge is 0.370 e. The Labute approximate surface area is 178 Å². The van der Waals surface area contributed by atoms with E-state index in [2.05, 4.69) is 22.1 Å². The molecule has 158 valence electrons. The van der Waals surface area contributed by atoms with Crippen molar-refractivity contribution in [2.24, 2.45) is 0 Å². The Bertz CT molecular complexity index is 1310. The summed E-state index contributed by atoms with van der Waals surface area (Å²) in [7, 11) is 0. The van der Waals surface area contributed by atoms with Crippen LogP contribution in [-0.4, -0.2) is 50.1 Å². The maximum atomic E-state index is 13.2. The molecule has 4 aromatic rings. The van der Waals surface area contributed by atoms with Crippen molar-refractivity contribution in [2.75, 3.05) is 19.7 Å². The number of hydrogen-bond donors (Lipinski definition) is 1. The molecule has 0 spiro atoms. The summed E-state index contributed by atoms with van der Waals surface area (Å²) in [6.07, 6.45) is 1.47. The van der Waals surface area contributed by atoms with Gasteiger partial charge in [-0.25, -0.2) is 0 Å². The molecule has 5 rings (SSSR count). The highest BCUT2D eigenvalue weighted by Crippen LogP contribution is 2.24. The lowest BCUT2D eigenvalue weighted by molar-refractivity contribution is -0.0228. The molecule has 8 nitrogen and oxygen atoms in total. The highest BCUT2D eigenvalue weighted by molar-refractivity contribution is 5.97. The van der Waals surface area contributed by atoms with Crippen molar-refractivity contribution in [1.82, 2.24) is 24.5 Å². The zero-order chi connectivity index (χ0) is 21.4. The van der Waals surface area contributed by atoms with Gasteiger partial charge < -0.3 is 14.6 Å². The summed E-state index contributed by atoms with van der Waals surface area (Å²) in [6, 6.07) is 15.3. The highest BCUT2D eigenvalue weighted by Gasteiger charge is 2.26. The van der Waals surface area contributed by atoms with Crippen molar-refractivity contribution in [2.45, 2.75) is 25.9 Å². The van der Waals surface area contributed by atoms with Gasteiger partial charge in [0.2, 0.25) is 5.65 Å². The standard InChI is InChI=1S/C23H23N5O3/c1-2-6-20-25-26-21-22(29)24-17-13-16(9-10-18(17)28(20)21)23(30)27-11-12-31-19(14-27)15-7-4-3-5-8-15/h3-5,7-10,13,19H,2,6,11-12,14H2,1H3,(H,24,29). The number of aromatic nitrogens is 4. The molecule has 1 fully saturated rings. The minimum atomic E-state index is -0.317. The van der Waals surface area contributed by atoms with Crippen LogP contribution in [0.1, 0.15) is 41.2 Å². The van der Waals surface area contributed by atoms with Crippen LogP contribution in [-0.2, 0) is 11.2 Å².